The van der Waals surface area contributed by atoms with Crippen molar-refractivity contribution in [2.24, 2.45) is 5.92 Å². The summed E-state index contributed by atoms with van der Waals surface area (Å²) in [5, 5.41) is 0. The lowest BCUT2D eigenvalue weighted by Gasteiger charge is -2.31. The molecule has 0 unspecified atom stereocenters. The van der Waals surface area contributed by atoms with Gasteiger partial charge in [0, 0.05) is 19.6 Å². The van der Waals surface area contributed by atoms with Crippen molar-refractivity contribution in [3.8, 4) is 0 Å². The summed E-state index contributed by atoms with van der Waals surface area (Å²) in [6, 6.07) is 11.8. The van der Waals surface area contributed by atoms with E-state index in [2.05, 4.69) is 29.0 Å². The monoisotopic (exact) mass is 390 g/mol. The van der Waals surface area contributed by atoms with Gasteiger partial charge in [0.2, 0.25) is 10.0 Å². The van der Waals surface area contributed by atoms with Crippen LogP contribution in [-0.2, 0) is 22.9 Å². The van der Waals surface area contributed by atoms with Crippen LogP contribution >= 0.6 is 0 Å². The summed E-state index contributed by atoms with van der Waals surface area (Å²) in [6.45, 7) is 1.94. The van der Waals surface area contributed by atoms with Crippen LogP contribution in [0.5, 0.6) is 0 Å². The highest BCUT2D eigenvalue weighted by atomic mass is 32.2. The van der Waals surface area contributed by atoms with Crippen molar-refractivity contribution < 1.29 is 17.6 Å². The van der Waals surface area contributed by atoms with Gasteiger partial charge in [-0.05, 0) is 54.9 Å². The SMILES string of the molecule is CS(=O)(=O)NCCc1ccc(CC2CCN(C(=O)c3ccco3)CC2)cc1. The summed E-state index contributed by atoms with van der Waals surface area (Å²) >= 11 is 0. The van der Waals surface area contributed by atoms with Crippen LogP contribution in [0.25, 0.3) is 0 Å². The molecular formula is C20H26N2O4S. The fourth-order valence-electron chi connectivity index (χ4n) is 3.45. The van der Waals surface area contributed by atoms with Crippen LogP contribution in [0.2, 0.25) is 0 Å². The number of carbonyl (C=O) groups is 1. The number of furan rings is 1. The molecule has 27 heavy (non-hydrogen) atoms. The van der Waals surface area contributed by atoms with E-state index >= 15 is 0 Å². The van der Waals surface area contributed by atoms with Crippen LogP contribution in [0.1, 0.15) is 34.5 Å². The number of hydrogen-bond donors (Lipinski definition) is 1. The Morgan fingerprint density at radius 3 is 2.41 bits per heavy atom. The third-order valence-electron chi connectivity index (χ3n) is 4.96. The number of nitrogens with one attached hydrogen (secondary N) is 1. The lowest BCUT2D eigenvalue weighted by Crippen LogP contribution is -2.38. The van der Waals surface area contributed by atoms with Crippen molar-refractivity contribution in [2.75, 3.05) is 25.9 Å². The third kappa shape index (κ3) is 5.94. The molecule has 0 bridgehead atoms. The highest BCUT2D eigenvalue weighted by molar-refractivity contribution is 7.88. The predicted octanol–water partition coefficient (Wildman–Crippen LogP) is 2.47. The fraction of sp³-hybridized carbons (Fsp3) is 0.450. The molecule has 0 saturated carbocycles. The number of benzene rings is 1. The third-order valence-corrected chi connectivity index (χ3v) is 5.69. The smallest absolute Gasteiger partial charge is 0.289 e. The van der Waals surface area contributed by atoms with Crippen LogP contribution in [0.15, 0.2) is 47.1 Å². The molecule has 2 heterocycles. The van der Waals surface area contributed by atoms with Crippen molar-refractivity contribution in [3.63, 3.8) is 0 Å². The number of likely N-dealkylation sites (tertiary alicyclic amines) is 1. The second kappa shape index (κ2) is 8.71. The summed E-state index contributed by atoms with van der Waals surface area (Å²) in [4.78, 5) is 14.2. The van der Waals surface area contributed by atoms with Crippen LogP contribution in [0.3, 0.4) is 0 Å². The van der Waals surface area contributed by atoms with Crippen LogP contribution < -0.4 is 4.72 Å². The number of hydrogen-bond acceptors (Lipinski definition) is 4. The molecule has 2 aromatic rings. The maximum absolute atomic E-state index is 12.3. The Morgan fingerprint density at radius 1 is 1.15 bits per heavy atom. The molecule has 3 rings (SSSR count). The number of carbonyl (C=O) groups excluding carboxylic acids is 1. The zero-order valence-electron chi connectivity index (χ0n) is 15.6. The predicted molar refractivity (Wildman–Crippen MR) is 104 cm³/mol. The highest BCUT2D eigenvalue weighted by Crippen LogP contribution is 2.23. The van der Waals surface area contributed by atoms with Gasteiger partial charge in [0.25, 0.3) is 5.91 Å². The standard InChI is InChI=1S/C20H26N2O4S/c1-27(24,25)21-11-8-16-4-6-17(7-5-16)15-18-9-12-22(13-10-18)20(23)19-3-2-14-26-19/h2-7,14,18,21H,8-13,15H2,1H3. The molecular weight excluding hydrogens is 364 g/mol. The molecule has 1 aromatic heterocycles. The van der Waals surface area contributed by atoms with E-state index in [4.69, 9.17) is 4.42 Å². The van der Waals surface area contributed by atoms with E-state index in [0.29, 0.717) is 24.6 Å². The Hall–Kier alpha value is -2.12. The maximum atomic E-state index is 12.3. The molecule has 1 aliphatic rings. The Bertz CT molecular complexity index is 837. The van der Waals surface area contributed by atoms with Crippen molar-refractivity contribution in [1.29, 1.82) is 0 Å². The van der Waals surface area contributed by atoms with Gasteiger partial charge in [0.1, 0.15) is 0 Å². The zero-order valence-corrected chi connectivity index (χ0v) is 16.4. The van der Waals surface area contributed by atoms with Crippen molar-refractivity contribution in [3.05, 3.63) is 59.5 Å². The van der Waals surface area contributed by atoms with E-state index in [1.54, 1.807) is 12.1 Å². The molecule has 1 aromatic carbocycles. The maximum Gasteiger partial charge on any atom is 0.289 e. The average molecular weight is 391 g/mol. The Labute approximate surface area is 160 Å². The van der Waals surface area contributed by atoms with Gasteiger partial charge in [-0.25, -0.2) is 13.1 Å². The first-order chi connectivity index (χ1) is 12.9. The molecule has 1 saturated heterocycles. The van der Waals surface area contributed by atoms with E-state index < -0.39 is 10.0 Å². The minimum atomic E-state index is -3.13. The molecule has 6 nitrogen and oxygen atoms in total. The molecule has 146 valence electrons. The van der Waals surface area contributed by atoms with E-state index in [1.807, 2.05) is 4.90 Å². The first-order valence-corrected chi connectivity index (χ1v) is 11.1. The summed E-state index contributed by atoms with van der Waals surface area (Å²) in [5.74, 6) is 0.961. The topological polar surface area (TPSA) is 79.6 Å². The van der Waals surface area contributed by atoms with Crippen LogP contribution in [-0.4, -0.2) is 45.1 Å². The molecule has 1 N–H and O–H groups in total. The Balaban J connectivity index is 1.44. The number of sulfonamides is 1. The minimum absolute atomic E-state index is 0.0227. The molecule has 1 aliphatic heterocycles. The normalized spacial score (nSPS) is 15.8. The Kier molecular flexibility index (Phi) is 6.34. The van der Waals surface area contributed by atoms with Gasteiger partial charge in [0.05, 0.1) is 12.5 Å². The fourth-order valence-corrected chi connectivity index (χ4v) is 3.93. The van der Waals surface area contributed by atoms with E-state index in [0.717, 1.165) is 37.9 Å². The number of piperidine rings is 1. The summed E-state index contributed by atoms with van der Waals surface area (Å²) in [6.07, 6.45) is 6.37. The van der Waals surface area contributed by atoms with Gasteiger partial charge in [-0.15, -0.1) is 0 Å². The second-order valence-corrected chi connectivity index (χ2v) is 8.98. The highest BCUT2D eigenvalue weighted by Gasteiger charge is 2.25. The van der Waals surface area contributed by atoms with E-state index in [1.165, 1.54) is 18.1 Å². The van der Waals surface area contributed by atoms with Crippen molar-refractivity contribution in [1.82, 2.24) is 9.62 Å². The lowest BCUT2D eigenvalue weighted by molar-refractivity contribution is 0.0658. The lowest BCUT2D eigenvalue weighted by atomic mass is 9.89. The molecule has 0 spiro atoms. The first kappa shape index (κ1) is 19.6. The molecule has 0 radical (unpaired) electrons. The average Bonchev–Trinajstić information content (AvgIpc) is 3.17. The minimum Gasteiger partial charge on any atom is -0.459 e. The number of amides is 1. The van der Waals surface area contributed by atoms with Gasteiger partial charge in [0.15, 0.2) is 5.76 Å². The summed E-state index contributed by atoms with van der Waals surface area (Å²) in [7, 11) is -3.13. The molecule has 7 heteroatoms. The van der Waals surface area contributed by atoms with Gasteiger partial charge >= 0.3 is 0 Å². The molecule has 1 fully saturated rings. The van der Waals surface area contributed by atoms with Gasteiger partial charge in [-0.1, -0.05) is 24.3 Å². The molecule has 0 aliphatic carbocycles. The number of nitrogens with zero attached hydrogens (tertiary/aromatic N) is 1. The first-order valence-electron chi connectivity index (χ1n) is 9.26. The Morgan fingerprint density at radius 2 is 1.81 bits per heavy atom. The zero-order chi connectivity index (χ0) is 19.3. The van der Waals surface area contributed by atoms with Gasteiger partial charge < -0.3 is 9.32 Å². The van der Waals surface area contributed by atoms with Crippen molar-refractivity contribution >= 4 is 15.9 Å². The largest absolute Gasteiger partial charge is 0.459 e. The molecule has 0 atom stereocenters. The van der Waals surface area contributed by atoms with Crippen LogP contribution in [0.4, 0.5) is 0 Å². The summed E-state index contributed by atoms with van der Waals surface area (Å²) < 4.78 is 29.9. The summed E-state index contributed by atoms with van der Waals surface area (Å²) in [5.41, 5.74) is 2.40. The van der Waals surface area contributed by atoms with Crippen LogP contribution in [0, 0.1) is 5.92 Å². The quantitative estimate of drug-likeness (QED) is 0.788. The van der Waals surface area contributed by atoms with Gasteiger partial charge in [-0.2, -0.15) is 0 Å². The molecule has 1 amide bonds. The second-order valence-electron chi connectivity index (χ2n) is 7.15. The van der Waals surface area contributed by atoms with E-state index in [-0.39, 0.29) is 5.91 Å². The van der Waals surface area contributed by atoms with Crippen molar-refractivity contribution in [2.45, 2.75) is 25.7 Å². The van der Waals surface area contributed by atoms with E-state index in [9.17, 15) is 13.2 Å². The number of rotatable bonds is 7. The van der Waals surface area contributed by atoms with Gasteiger partial charge in [-0.3, -0.25) is 4.79 Å².